The van der Waals surface area contributed by atoms with Crippen LogP contribution in [-0.2, 0) is 24.0 Å². The lowest BCUT2D eigenvalue weighted by Gasteiger charge is -2.15. The molecule has 0 saturated heterocycles. The summed E-state index contributed by atoms with van der Waals surface area (Å²) in [7, 11) is 2.20. The lowest BCUT2D eigenvalue weighted by Crippen LogP contribution is -2.41. The normalized spacial score (nSPS) is 12.4. The van der Waals surface area contributed by atoms with Crippen LogP contribution in [0.3, 0.4) is 0 Å². The Morgan fingerprint density at radius 2 is 1.05 bits per heavy atom. The maximum atomic E-state index is 12.3. The van der Waals surface area contributed by atoms with Gasteiger partial charge in [0.15, 0.2) is 5.52 Å². The number of likely N-dealkylation sites (N-methyl/N-ethyl adjacent to an activating group) is 1. The molecule has 0 spiro atoms. The van der Waals surface area contributed by atoms with Gasteiger partial charge in [0, 0.05) is 25.8 Å². The second-order valence-electron chi connectivity index (χ2n) is 11.9. The Hall–Kier alpha value is -2.06. The maximum Gasteiger partial charge on any atom is 0.326 e. The SMILES string of the molecule is CCN[C@@H](CCCCNC(=O)CC[C@H](NC(=O)CCCCCCCCCCCCCCCCCCC(=O)O)C(=O)O)C(=O)P. The van der Waals surface area contributed by atoms with Gasteiger partial charge in [-0.2, -0.15) is 0 Å². The van der Waals surface area contributed by atoms with Crippen LogP contribution >= 0.6 is 9.24 Å². The minimum atomic E-state index is -1.13. The lowest BCUT2D eigenvalue weighted by molar-refractivity contribution is -0.142. The zero-order valence-electron chi connectivity index (χ0n) is 27.3. The molecule has 44 heavy (non-hydrogen) atoms. The van der Waals surface area contributed by atoms with E-state index in [0.29, 0.717) is 32.4 Å². The Morgan fingerprint density at radius 3 is 1.48 bits per heavy atom. The number of hydrogen-bond acceptors (Lipinski definition) is 6. The number of hydrogen-bond donors (Lipinski definition) is 5. The van der Waals surface area contributed by atoms with E-state index in [1.165, 1.54) is 57.8 Å². The first-order valence-electron chi connectivity index (χ1n) is 17.2. The fourth-order valence-electron chi connectivity index (χ4n) is 5.22. The van der Waals surface area contributed by atoms with Crippen molar-refractivity contribution in [3.05, 3.63) is 0 Å². The average Bonchev–Trinajstić information content (AvgIpc) is 2.97. The molecule has 0 fully saturated rings. The third-order valence-electron chi connectivity index (χ3n) is 7.87. The number of nitrogens with one attached hydrogen (secondary N) is 3. The van der Waals surface area contributed by atoms with Gasteiger partial charge in [-0.1, -0.05) is 106 Å². The number of carbonyl (C=O) groups is 5. The molecule has 0 aliphatic heterocycles. The van der Waals surface area contributed by atoms with Crippen LogP contribution in [0.5, 0.6) is 0 Å². The molecule has 2 amide bonds. The van der Waals surface area contributed by atoms with E-state index in [1.807, 2.05) is 6.92 Å². The van der Waals surface area contributed by atoms with Crippen LogP contribution in [0.2, 0.25) is 0 Å². The van der Waals surface area contributed by atoms with Gasteiger partial charge < -0.3 is 26.2 Å². The van der Waals surface area contributed by atoms with E-state index >= 15 is 0 Å². The second-order valence-corrected chi connectivity index (χ2v) is 12.5. The van der Waals surface area contributed by atoms with Crippen LogP contribution in [0.25, 0.3) is 0 Å². The monoisotopic (exact) mass is 643 g/mol. The van der Waals surface area contributed by atoms with E-state index in [4.69, 9.17) is 5.11 Å². The molecule has 0 aliphatic carbocycles. The second kappa shape index (κ2) is 29.6. The van der Waals surface area contributed by atoms with E-state index in [9.17, 15) is 29.1 Å². The largest absolute Gasteiger partial charge is 0.481 e. The quantitative estimate of drug-likeness (QED) is 0.0433. The number of carbonyl (C=O) groups excluding carboxylic acids is 3. The molecule has 0 heterocycles. The number of amides is 2. The summed E-state index contributed by atoms with van der Waals surface area (Å²) >= 11 is 0. The molecule has 0 rings (SSSR count). The van der Waals surface area contributed by atoms with Gasteiger partial charge >= 0.3 is 11.9 Å². The summed E-state index contributed by atoms with van der Waals surface area (Å²) in [4.78, 5) is 58.0. The van der Waals surface area contributed by atoms with Gasteiger partial charge in [-0.3, -0.25) is 19.2 Å². The highest BCUT2D eigenvalue weighted by molar-refractivity contribution is 7.40. The first kappa shape index (κ1) is 41.9. The minimum Gasteiger partial charge on any atom is -0.481 e. The average molecular weight is 644 g/mol. The molecule has 1 unspecified atom stereocenters. The Labute approximate surface area is 268 Å². The van der Waals surface area contributed by atoms with E-state index in [-0.39, 0.29) is 36.2 Å². The van der Waals surface area contributed by atoms with E-state index in [0.717, 1.165) is 57.8 Å². The van der Waals surface area contributed by atoms with E-state index in [2.05, 4.69) is 25.2 Å². The highest BCUT2D eigenvalue weighted by atomic mass is 31.0. The number of aliphatic carboxylic acids is 2. The molecule has 3 atom stereocenters. The number of unbranched alkanes of at least 4 members (excludes halogenated alkanes) is 16. The number of carboxylic acid groups (broad SMARTS) is 2. The van der Waals surface area contributed by atoms with Crippen molar-refractivity contribution < 1.29 is 34.2 Å². The van der Waals surface area contributed by atoms with Gasteiger partial charge in [-0.25, -0.2) is 4.79 Å². The summed E-state index contributed by atoms with van der Waals surface area (Å²) < 4.78 is 0. The number of rotatable bonds is 32. The molecule has 0 aromatic rings. The van der Waals surface area contributed by atoms with Crippen LogP contribution in [0, 0.1) is 0 Å². The van der Waals surface area contributed by atoms with Crippen LogP contribution in [0.1, 0.15) is 155 Å². The van der Waals surface area contributed by atoms with E-state index < -0.39 is 18.0 Å². The predicted molar refractivity (Wildman–Crippen MR) is 179 cm³/mol. The molecular formula is C33H62N3O7P. The van der Waals surface area contributed by atoms with Gasteiger partial charge in [0.2, 0.25) is 11.8 Å². The fourth-order valence-corrected chi connectivity index (χ4v) is 5.50. The lowest BCUT2D eigenvalue weighted by atomic mass is 10.0. The van der Waals surface area contributed by atoms with Gasteiger partial charge in [-0.05, 0) is 45.1 Å². The summed E-state index contributed by atoms with van der Waals surface area (Å²) in [6.07, 6.45) is 21.1. The van der Waals surface area contributed by atoms with Crippen molar-refractivity contribution in [3.8, 4) is 0 Å². The maximum absolute atomic E-state index is 12.3. The first-order valence-corrected chi connectivity index (χ1v) is 17.8. The van der Waals surface area contributed by atoms with Crippen molar-refractivity contribution in [2.75, 3.05) is 13.1 Å². The number of carboxylic acids is 2. The van der Waals surface area contributed by atoms with Gasteiger partial charge in [0.25, 0.3) is 0 Å². The van der Waals surface area contributed by atoms with Crippen molar-refractivity contribution in [1.82, 2.24) is 16.0 Å². The fraction of sp³-hybridized carbons (Fsp3) is 0.848. The highest BCUT2D eigenvalue weighted by Gasteiger charge is 2.21. The van der Waals surface area contributed by atoms with Crippen molar-refractivity contribution in [2.45, 2.75) is 167 Å². The zero-order chi connectivity index (χ0) is 32.8. The summed E-state index contributed by atoms with van der Waals surface area (Å²) in [5.41, 5.74) is 0.0263. The van der Waals surface area contributed by atoms with Crippen LogP contribution < -0.4 is 16.0 Å². The Kier molecular flexibility index (Phi) is 28.3. The van der Waals surface area contributed by atoms with Crippen LogP contribution in [-0.4, -0.2) is 64.7 Å². The molecule has 256 valence electrons. The first-order chi connectivity index (χ1) is 21.2. The molecule has 11 heteroatoms. The molecular weight excluding hydrogens is 581 g/mol. The highest BCUT2D eigenvalue weighted by Crippen LogP contribution is 2.14. The predicted octanol–water partition coefficient (Wildman–Crippen LogP) is 6.11. The summed E-state index contributed by atoms with van der Waals surface area (Å²) in [5.74, 6) is -2.35. The van der Waals surface area contributed by atoms with Crippen molar-refractivity contribution in [1.29, 1.82) is 0 Å². The Balaban J connectivity index is 3.71. The molecule has 0 aromatic carbocycles. The molecule has 0 bridgehead atoms. The topological polar surface area (TPSA) is 162 Å². The summed E-state index contributed by atoms with van der Waals surface area (Å²) in [6.45, 7) is 3.13. The minimum absolute atomic E-state index is 0.0263. The third kappa shape index (κ3) is 27.5. The molecule has 0 aromatic heterocycles. The van der Waals surface area contributed by atoms with E-state index in [1.54, 1.807) is 0 Å². The summed E-state index contributed by atoms with van der Waals surface area (Å²) in [5, 5.41) is 26.6. The van der Waals surface area contributed by atoms with Crippen molar-refractivity contribution >= 4 is 38.5 Å². The standard InChI is InChI=1S/C33H62N3O7P/c1-2-34-28(33(43)44)21-19-20-26-35-29(37)25-24-27(32(41)42)36-30(38)22-17-15-13-11-9-7-5-3-4-6-8-10-12-14-16-18-23-31(39)40/h27-28,34H,2-26,44H2,1H3,(H,35,37)(H,36,38)(H,39,40)(H,41,42)/t27-,28-/m0/s1. The third-order valence-corrected chi connectivity index (χ3v) is 8.28. The zero-order valence-corrected chi connectivity index (χ0v) is 28.5. The van der Waals surface area contributed by atoms with Gasteiger partial charge in [-0.15, -0.1) is 0 Å². The Bertz CT molecular complexity index is 797. The van der Waals surface area contributed by atoms with Gasteiger partial charge in [0.05, 0.1) is 6.04 Å². The van der Waals surface area contributed by atoms with Crippen molar-refractivity contribution in [3.63, 3.8) is 0 Å². The van der Waals surface area contributed by atoms with Crippen molar-refractivity contribution in [2.24, 2.45) is 0 Å². The van der Waals surface area contributed by atoms with Crippen LogP contribution in [0.15, 0.2) is 0 Å². The molecule has 10 nitrogen and oxygen atoms in total. The van der Waals surface area contributed by atoms with Crippen LogP contribution in [0.4, 0.5) is 0 Å². The molecule has 0 saturated carbocycles. The molecule has 5 N–H and O–H groups in total. The molecule has 0 radical (unpaired) electrons. The Morgan fingerprint density at radius 1 is 0.568 bits per heavy atom. The molecule has 0 aliphatic rings. The summed E-state index contributed by atoms with van der Waals surface area (Å²) in [6, 6.07) is -1.26. The smallest absolute Gasteiger partial charge is 0.326 e. The van der Waals surface area contributed by atoms with Gasteiger partial charge in [0.1, 0.15) is 6.04 Å².